The first-order valence-electron chi connectivity index (χ1n) is 6.73. The average molecular weight is 368 g/mol. The zero-order valence-corrected chi connectivity index (χ0v) is 14.2. The van der Waals surface area contributed by atoms with Crippen molar-refractivity contribution < 1.29 is 8.42 Å². The summed E-state index contributed by atoms with van der Waals surface area (Å²) in [7, 11) is -3.31. The van der Waals surface area contributed by atoms with Gasteiger partial charge in [-0.05, 0) is 23.1 Å². The Hall–Kier alpha value is -1.17. The van der Waals surface area contributed by atoms with Crippen LogP contribution in [0.3, 0.4) is 0 Å². The number of benzene rings is 2. The fraction of sp³-hybridized carbons (Fsp3) is 0.250. The molecule has 0 aromatic heterocycles. The quantitative estimate of drug-likeness (QED) is 0.846. The van der Waals surface area contributed by atoms with Gasteiger partial charge in [-0.3, -0.25) is 0 Å². The standard InChI is InChI=1S/C16H18BrNO2S/c1-13(14-7-3-2-4-8-14)12-21(19,20)18-11-15-9-5-6-10-16(15)17/h2-10,13,18H,11-12H2,1H3. The highest BCUT2D eigenvalue weighted by Crippen LogP contribution is 2.18. The lowest BCUT2D eigenvalue weighted by Crippen LogP contribution is -2.28. The third kappa shape index (κ3) is 4.95. The largest absolute Gasteiger partial charge is 0.212 e. The van der Waals surface area contributed by atoms with E-state index >= 15 is 0 Å². The van der Waals surface area contributed by atoms with Crippen LogP contribution >= 0.6 is 15.9 Å². The van der Waals surface area contributed by atoms with Crippen LogP contribution in [0.4, 0.5) is 0 Å². The van der Waals surface area contributed by atoms with E-state index in [1.165, 1.54) is 0 Å². The van der Waals surface area contributed by atoms with E-state index in [1.807, 2.05) is 61.5 Å². The van der Waals surface area contributed by atoms with Crippen LogP contribution < -0.4 is 4.72 Å². The summed E-state index contributed by atoms with van der Waals surface area (Å²) < 4.78 is 27.9. The van der Waals surface area contributed by atoms with Crippen LogP contribution in [0.15, 0.2) is 59.1 Å². The molecule has 0 fully saturated rings. The van der Waals surface area contributed by atoms with Gasteiger partial charge in [0.05, 0.1) is 5.75 Å². The van der Waals surface area contributed by atoms with Crippen molar-refractivity contribution >= 4 is 26.0 Å². The fourth-order valence-corrected chi connectivity index (χ4v) is 3.86. The molecule has 0 saturated heterocycles. The van der Waals surface area contributed by atoms with Crippen LogP contribution in [0, 0.1) is 0 Å². The molecule has 0 spiro atoms. The van der Waals surface area contributed by atoms with Crippen LogP contribution in [0.1, 0.15) is 24.0 Å². The van der Waals surface area contributed by atoms with Crippen molar-refractivity contribution in [3.8, 4) is 0 Å². The molecule has 0 aliphatic heterocycles. The minimum Gasteiger partial charge on any atom is -0.212 e. The third-order valence-corrected chi connectivity index (χ3v) is 5.58. The van der Waals surface area contributed by atoms with Gasteiger partial charge in [0.1, 0.15) is 0 Å². The van der Waals surface area contributed by atoms with E-state index < -0.39 is 10.0 Å². The highest BCUT2D eigenvalue weighted by molar-refractivity contribution is 9.10. The molecule has 1 atom stereocenters. The SMILES string of the molecule is CC(CS(=O)(=O)NCc1ccccc1Br)c1ccccc1. The molecule has 0 aliphatic rings. The summed E-state index contributed by atoms with van der Waals surface area (Å²) in [6, 6.07) is 17.3. The van der Waals surface area contributed by atoms with Gasteiger partial charge in [0.25, 0.3) is 0 Å². The van der Waals surface area contributed by atoms with E-state index in [0.29, 0.717) is 6.54 Å². The van der Waals surface area contributed by atoms with Crippen molar-refractivity contribution in [1.29, 1.82) is 0 Å². The van der Waals surface area contributed by atoms with E-state index in [9.17, 15) is 8.42 Å². The summed E-state index contributed by atoms with van der Waals surface area (Å²) in [5.74, 6) is 0.0458. The van der Waals surface area contributed by atoms with Crippen LogP contribution in [0.5, 0.6) is 0 Å². The van der Waals surface area contributed by atoms with Gasteiger partial charge in [-0.15, -0.1) is 0 Å². The third-order valence-electron chi connectivity index (χ3n) is 3.28. The van der Waals surface area contributed by atoms with Crippen molar-refractivity contribution in [3.63, 3.8) is 0 Å². The molecular weight excluding hydrogens is 350 g/mol. The molecule has 2 aromatic carbocycles. The predicted octanol–water partition coefficient (Wildman–Crippen LogP) is 3.67. The molecule has 0 saturated carbocycles. The van der Waals surface area contributed by atoms with E-state index in [-0.39, 0.29) is 11.7 Å². The maximum Gasteiger partial charge on any atom is 0.212 e. The van der Waals surface area contributed by atoms with Gasteiger partial charge in [-0.25, -0.2) is 13.1 Å². The summed E-state index contributed by atoms with van der Waals surface area (Å²) in [6.45, 7) is 2.22. The maximum atomic E-state index is 12.2. The minimum atomic E-state index is -3.31. The first kappa shape index (κ1) is 16.2. The zero-order chi connectivity index (χ0) is 15.3. The number of nitrogens with one attached hydrogen (secondary N) is 1. The van der Waals surface area contributed by atoms with Crippen molar-refractivity contribution in [2.45, 2.75) is 19.4 Å². The lowest BCUT2D eigenvalue weighted by molar-refractivity contribution is 0.575. The Bertz CT molecular complexity index is 686. The maximum absolute atomic E-state index is 12.2. The summed E-state index contributed by atoms with van der Waals surface area (Å²) in [5, 5.41) is 0. The van der Waals surface area contributed by atoms with Gasteiger partial charge in [0.15, 0.2) is 0 Å². The Balaban J connectivity index is 1.98. The van der Waals surface area contributed by atoms with Crippen molar-refractivity contribution in [1.82, 2.24) is 4.72 Å². The Morgan fingerprint density at radius 3 is 2.33 bits per heavy atom. The Labute approximate surface area is 134 Å². The second kappa shape index (κ2) is 7.20. The topological polar surface area (TPSA) is 46.2 Å². The molecular formula is C16H18BrNO2S. The van der Waals surface area contributed by atoms with Crippen molar-refractivity contribution in [2.24, 2.45) is 0 Å². The first-order chi connectivity index (χ1) is 9.98. The molecule has 2 rings (SSSR count). The summed E-state index contributed by atoms with van der Waals surface area (Å²) in [4.78, 5) is 0. The van der Waals surface area contributed by atoms with E-state index in [4.69, 9.17) is 0 Å². The molecule has 0 bridgehead atoms. The van der Waals surface area contributed by atoms with E-state index in [0.717, 1.165) is 15.6 Å². The number of hydrogen-bond acceptors (Lipinski definition) is 2. The van der Waals surface area contributed by atoms with Gasteiger partial charge in [-0.2, -0.15) is 0 Å². The normalized spacial score (nSPS) is 13.0. The monoisotopic (exact) mass is 367 g/mol. The van der Waals surface area contributed by atoms with Crippen LogP contribution in [0.25, 0.3) is 0 Å². The number of hydrogen-bond donors (Lipinski definition) is 1. The molecule has 5 heteroatoms. The fourth-order valence-electron chi connectivity index (χ4n) is 2.10. The number of rotatable bonds is 6. The van der Waals surface area contributed by atoms with Crippen molar-refractivity contribution in [2.75, 3.05) is 5.75 Å². The molecule has 21 heavy (non-hydrogen) atoms. The first-order valence-corrected chi connectivity index (χ1v) is 9.18. The molecule has 3 nitrogen and oxygen atoms in total. The van der Waals surface area contributed by atoms with Gasteiger partial charge < -0.3 is 0 Å². The minimum absolute atomic E-state index is 0.0390. The number of sulfonamides is 1. The Morgan fingerprint density at radius 2 is 1.67 bits per heavy atom. The van der Waals surface area contributed by atoms with Crippen LogP contribution in [-0.4, -0.2) is 14.2 Å². The van der Waals surface area contributed by atoms with Crippen LogP contribution in [-0.2, 0) is 16.6 Å². The zero-order valence-electron chi connectivity index (χ0n) is 11.8. The second-order valence-corrected chi connectivity index (χ2v) is 7.71. The summed E-state index contributed by atoms with van der Waals surface area (Å²) in [6.07, 6.45) is 0. The molecule has 2 aromatic rings. The van der Waals surface area contributed by atoms with Crippen molar-refractivity contribution in [3.05, 3.63) is 70.2 Å². The smallest absolute Gasteiger partial charge is 0.212 e. The van der Waals surface area contributed by atoms with Gasteiger partial charge >= 0.3 is 0 Å². The molecule has 0 heterocycles. The molecule has 1 N–H and O–H groups in total. The lowest BCUT2D eigenvalue weighted by atomic mass is 10.0. The average Bonchev–Trinajstić information content (AvgIpc) is 2.47. The Morgan fingerprint density at radius 1 is 1.05 bits per heavy atom. The van der Waals surface area contributed by atoms with Gasteiger partial charge in [0, 0.05) is 11.0 Å². The molecule has 1 unspecified atom stereocenters. The molecule has 0 amide bonds. The molecule has 0 radical (unpaired) electrons. The lowest BCUT2D eigenvalue weighted by Gasteiger charge is -2.13. The van der Waals surface area contributed by atoms with E-state index in [1.54, 1.807) is 0 Å². The van der Waals surface area contributed by atoms with E-state index in [2.05, 4.69) is 20.7 Å². The Kier molecular flexibility index (Phi) is 5.56. The molecule has 0 aliphatic carbocycles. The summed E-state index contributed by atoms with van der Waals surface area (Å²) in [5.41, 5.74) is 1.96. The highest BCUT2D eigenvalue weighted by atomic mass is 79.9. The molecule has 112 valence electrons. The van der Waals surface area contributed by atoms with Crippen LogP contribution in [0.2, 0.25) is 0 Å². The van der Waals surface area contributed by atoms with Gasteiger partial charge in [-0.1, -0.05) is 71.4 Å². The number of halogens is 1. The second-order valence-electron chi connectivity index (χ2n) is 5.01. The highest BCUT2D eigenvalue weighted by Gasteiger charge is 2.17. The summed E-state index contributed by atoms with van der Waals surface area (Å²) >= 11 is 3.42. The predicted molar refractivity (Wildman–Crippen MR) is 89.6 cm³/mol. The van der Waals surface area contributed by atoms with Gasteiger partial charge in [0.2, 0.25) is 10.0 Å².